The zero-order valence-corrected chi connectivity index (χ0v) is 12.9. The van der Waals surface area contributed by atoms with Crippen molar-refractivity contribution in [3.05, 3.63) is 34.3 Å². The minimum absolute atomic E-state index is 0.234. The lowest BCUT2D eigenvalue weighted by Crippen LogP contribution is -2.43. The Hall–Kier alpha value is -1.69. The van der Waals surface area contributed by atoms with Crippen LogP contribution in [-0.4, -0.2) is 34.7 Å². The Labute approximate surface area is 125 Å². The number of Topliss-reactive ketones (excluding diaryl/α,β-unsaturated/α-hetero) is 1. The lowest BCUT2D eigenvalue weighted by atomic mass is 9.99. The Morgan fingerprint density at radius 2 is 1.90 bits per heavy atom. The lowest BCUT2D eigenvalue weighted by molar-refractivity contribution is -0.130. The monoisotopic (exact) mass is 338 g/mol. The third-order valence-electron chi connectivity index (χ3n) is 3.52. The van der Waals surface area contributed by atoms with Crippen molar-refractivity contribution in [3.63, 3.8) is 0 Å². The highest BCUT2D eigenvalue weighted by molar-refractivity contribution is 9.10. The van der Waals surface area contributed by atoms with Crippen LogP contribution in [0.4, 0.5) is 4.79 Å². The quantitative estimate of drug-likeness (QED) is 0.676. The SMILES string of the molecule is CCC1(C)NC(=O)N(CC(=O)c2ccc(Br)cc2)C1=O. The van der Waals surface area contributed by atoms with Crippen LogP contribution in [0.5, 0.6) is 0 Å². The van der Waals surface area contributed by atoms with Gasteiger partial charge in [0, 0.05) is 10.0 Å². The molecule has 106 valence electrons. The number of urea groups is 1. The second-order valence-electron chi connectivity index (χ2n) is 4.94. The van der Waals surface area contributed by atoms with Gasteiger partial charge in [-0.15, -0.1) is 0 Å². The van der Waals surface area contributed by atoms with Gasteiger partial charge in [0.1, 0.15) is 5.54 Å². The van der Waals surface area contributed by atoms with Gasteiger partial charge in [0.2, 0.25) is 0 Å². The fourth-order valence-electron chi connectivity index (χ4n) is 2.00. The molecule has 6 heteroatoms. The molecule has 1 atom stereocenters. The summed E-state index contributed by atoms with van der Waals surface area (Å²) in [6, 6.07) is 6.29. The summed E-state index contributed by atoms with van der Waals surface area (Å²) in [6.07, 6.45) is 0.487. The smallest absolute Gasteiger partial charge is 0.323 e. The second-order valence-corrected chi connectivity index (χ2v) is 5.85. The van der Waals surface area contributed by atoms with E-state index in [-0.39, 0.29) is 18.2 Å². The topological polar surface area (TPSA) is 66.5 Å². The summed E-state index contributed by atoms with van der Waals surface area (Å²) in [7, 11) is 0. The van der Waals surface area contributed by atoms with E-state index < -0.39 is 11.6 Å². The van der Waals surface area contributed by atoms with Gasteiger partial charge in [0.25, 0.3) is 5.91 Å². The summed E-state index contributed by atoms with van der Waals surface area (Å²) >= 11 is 3.29. The van der Waals surface area contributed by atoms with Gasteiger partial charge < -0.3 is 5.32 Å². The molecule has 1 fully saturated rings. The molecule has 5 nitrogen and oxygen atoms in total. The normalized spacial score (nSPS) is 22.1. The van der Waals surface area contributed by atoms with E-state index >= 15 is 0 Å². The van der Waals surface area contributed by atoms with Crippen molar-refractivity contribution in [3.8, 4) is 0 Å². The molecule has 2 rings (SSSR count). The van der Waals surface area contributed by atoms with Gasteiger partial charge in [0.05, 0.1) is 6.54 Å². The number of carbonyl (C=O) groups excluding carboxylic acids is 3. The molecular weight excluding hydrogens is 324 g/mol. The maximum absolute atomic E-state index is 12.2. The predicted molar refractivity (Wildman–Crippen MR) is 77.4 cm³/mol. The summed E-state index contributed by atoms with van der Waals surface area (Å²) in [5.41, 5.74) is -0.434. The zero-order chi connectivity index (χ0) is 14.9. The average molecular weight is 339 g/mol. The Morgan fingerprint density at radius 3 is 2.40 bits per heavy atom. The van der Waals surface area contributed by atoms with E-state index in [0.717, 1.165) is 9.37 Å². The third-order valence-corrected chi connectivity index (χ3v) is 4.05. The molecule has 20 heavy (non-hydrogen) atoms. The Kier molecular flexibility index (Phi) is 3.94. The van der Waals surface area contributed by atoms with Crippen molar-refractivity contribution >= 4 is 33.7 Å². The van der Waals surface area contributed by atoms with Crippen LogP contribution in [0.1, 0.15) is 30.6 Å². The van der Waals surface area contributed by atoms with E-state index in [1.54, 1.807) is 31.2 Å². The van der Waals surface area contributed by atoms with Crippen LogP contribution in [0.25, 0.3) is 0 Å². The molecule has 3 amide bonds. The van der Waals surface area contributed by atoms with Crippen molar-refractivity contribution in [1.29, 1.82) is 0 Å². The molecule has 1 saturated heterocycles. The summed E-state index contributed by atoms with van der Waals surface area (Å²) in [5, 5.41) is 2.62. The van der Waals surface area contributed by atoms with E-state index in [0.29, 0.717) is 12.0 Å². The number of rotatable bonds is 4. The highest BCUT2D eigenvalue weighted by Gasteiger charge is 2.46. The largest absolute Gasteiger partial charge is 0.325 e. The summed E-state index contributed by atoms with van der Waals surface area (Å²) in [5.74, 6) is -0.614. The minimum atomic E-state index is -0.906. The van der Waals surface area contributed by atoms with Crippen LogP contribution in [0.2, 0.25) is 0 Å². The standard InChI is InChI=1S/C14H15BrN2O3/c1-3-14(2)12(19)17(13(20)16-14)8-11(18)9-4-6-10(15)7-5-9/h4-7H,3,8H2,1-2H3,(H,16,20). The van der Waals surface area contributed by atoms with Gasteiger partial charge in [-0.2, -0.15) is 0 Å². The minimum Gasteiger partial charge on any atom is -0.323 e. The van der Waals surface area contributed by atoms with Gasteiger partial charge >= 0.3 is 6.03 Å². The Balaban J connectivity index is 2.14. The van der Waals surface area contributed by atoms with E-state index in [9.17, 15) is 14.4 Å². The van der Waals surface area contributed by atoms with E-state index in [4.69, 9.17) is 0 Å². The van der Waals surface area contributed by atoms with Crippen LogP contribution in [-0.2, 0) is 4.79 Å². The van der Waals surface area contributed by atoms with Crippen LogP contribution in [0.3, 0.4) is 0 Å². The summed E-state index contributed by atoms with van der Waals surface area (Å²) < 4.78 is 0.864. The molecule has 1 aliphatic heterocycles. The van der Waals surface area contributed by atoms with Crippen LogP contribution in [0.15, 0.2) is 28.7 Å². The van der Waals surface area contributed by atoms with E-state index in [2.05, 4.69) is 21.2 Å². The number of imide groups is 1. The van der Waals surface area contributed by atoms with Gasteiger partial charge in [-0.3, -0.25) is 14.5 Å². The number of nitrogens with one attached hydrogen (secondary N) is 1. The number of amides is 3. The van der Waals surface area contributed by atoms with Crippen molar-refractivity contribution in [2.24, 2.45) is 0 Å². The zero-order valence-electron chi connectivity index (χ0n) is 11.3. The number of ketones is 1. The lowest BCUT2D eigenvalue weighted by Gasteiger charge is -2.18. The third kappa shape index (κ3) is 2.60. The first kappa shape index (κ1) is 14.7. The molecule has 1 unspecified atom stereocenters. The van der Waals surface area contributed by atoms with E-state index in [1.165, 1.54) is 0 Å². The Morgan fingerprint density at radius 1 is 1.30 bits per heavy atom. The van der Waals surface area contributed by atoms with Gasteiger partial charge in [-0.1, -0.05) is 35.0 Å². The van der Waals surface area contributed by atoms with Crippen molar-refractivity contribution in [2.45, 2.75) is 25.8 Å². The number of benzene rings is 1. The first-order valence-corrected chi connectivity index (χ1v) is 7.09. The molecule has 0 spiro atoms. The summed E-state index contributed by atoms with van der Waals surface area (Å²) in [6.45, 7) is 3.25. The van der Waals surface area contributed by atoms with Crippen LogP contribution in [0, 0.1) is 0 Å². The highest BCUT2D eigenvalue weighted by atomic mass is 79.9. The van der Waals surface area contributed by atoms with Gasteiger partial charge in [-0.25, -0.2) is 4.79 Å². The molecule has 1 heterocycles. The number of halogens is 1. The number of nitrogens with zero attached hydrogens (tertiary/aromatic N) is 1. The molecule has 0 radical (unpaired) electrons. The molecule has 1 aliphatic rings. The maximum Gasteiger partial charge on any atom is 0.325 e. The molecule has 1 aromatic rings. The second kappa shape index (κ2) is 5.36. The molecule has 1 aromatic carbocycles. The molecule has 0 aliphatic carbocycles. The van der Waals surface area contributed by atoms with Crippen molar-refractivity contribution in [2.75, 3.05) is 6.54 Å². The predicted octanol–water partition coefficient (Wildman–Crippen LogP) is 2.35. The molecular formula is C14H15BrN2O3. The maximum atomic E-state index is 12.2. The highest BCUT2D eigenvalue weighted by Crippen LogP contribution is 2.21. The number of carbonyl (C=O) groups is 3. The first-order valence-electron chi connectivity index (χ1n) is 6.30. The van der Waals surface area contributed by atoms with Crippen LogP contribution >= 0.6 is 15.9 Å². The number of hydrogen-bond acceptors (Lipinski definition) is 3. The fraction of sp³-hybridized carbons (Fsp3) is 0.357. The summed E-state index contributed by atoms with van der Waals surface area (Å²) in [4.78, 5) is 37.1. The molecule has 0 saturated carbocycles. The van der Waals surface area contributed by atoms with Crippen molar-refractivity contribution < 1.29 is 14.4 Å². The van der Waals surface area contributed by atoms with Gasteiger partial charge in [0.15, 0.2) is 5.78 Å². The molecule has 0 aromatic heterocycles. The first-order chi connectivity index (χ1) is 9.37. The van der Waals surface area contributed by atoms with Crippen LogP contribution < -0.4 is 5.32 Å². The molecule has 1 N–H and O–H groups in total. The fourth-order valence-corrected chi connectivity index (χ4v) is 2.27. The van der Waals surface area contributed by atoms with Crippen molar-refractivity contribution in [1.82, 2.24) is 10.2 Å². The Bertz CT molecular complexity index is 570. The van der Waals surface area contributed by atoms with E-state index in [1.807, 2.05) is 6.92 Å². The number of hydrogen-bond donors (Lipinski definition) is 1. The average Bonchev–Trinajstić information content (AvgIpc) is 2.64. The molecule has 0 bridgehead atoms. The van der Waals surface area contributed by atoms with Gasteiger partial charge in [-0.05, 0) is 25.5 Å².